The van der Waals surface area contributed by atoms with Crippen molar-refractivity contribution in [2.24, 2.45) is 0 Å². The normalized spacial score (nSPS) is 10.5. The van der Waals surface area contributed by atoms with E-state index in [1.54, 1.807) is 0 Å². The highest BCUT2D eigenvalue weighted by Crippen LogP contribution is 1.99. The molecule has 2 N–H and O–H groups in total. The first kappa shape index (κ1) is 10.9. The van der Waals surface area contributed by atoms with Gasteiger partial charge in [-0.1, -0.05) is 18.2 Å². The number of nitrogens with zero attached hydrogens (tertiary/aromatic N) is 1. The molecule has 0 aliphatic rings. The number of hydrogen-bond donors (Lipinski definition) is 2. The summed E-state index contributed by atoms with van der Waals surface area (Å²) in [6.07, 6.45) is 0. The van der Waals surface area contributed by atoms with Crippen molar-refractivity contribution in [1.29, 1.82) is 0 Å². The molecule has 0 radical (unpaired) electrons. The zero-order valence-corrected chi connectivity index (χ0v) is 7.22. The van der Waals surface area contributed by atoms with Crippen molar-refractivity contribution in [1.82, 2.24) is 4.90 Å². The molecule has 0 aliphatic carbocycles. The van der Waals surface area contributed by atoms with E-state index in [0.29, 0.717) is 24.7 Å². The lowest BCUT2D eigenvalue weighted by atomic mass is 10.4. The molecule has 0 bridgehead atoms. The van der Waals surface area contributed by atoms with E-state index >= 15 is 0 Å². The Labute approximate surface area is 71.9 Å². The maximum atomic E-state index is 8.58. The van der Waals surface area contributed by atoms with Crippen molar-refractivity contribution in [3.05, 3.63) is 11.6 Å². The summed E-state index contributed by atoms with van der Waals surface area (Å²) in [5.41, 5.74) is 0. The van der Waals surface area contributed by atoms with E-state index in [2.05, 4.69) is 6.58 Å². The van der Waals surface area contributed by atoms with Crippen LogP contribution in [0.15, 0.2) is 11.6 Å². The fraction of sp³-hybridized carbons (Fsp3) is 0.714. The van der Waals surface area contributed by atoms with E-state index in [9.17, 15) is 0 Å². The van der Waals surface area contributed by atoms with Gasteiger partial charge in [0.15, 0.2) is 0 Å². The second kappa shape index (κ2) is 6.61. The summed E-state index contributed by atoms with van der Waals surface area (Å²) in [7, 11) is 0. The van der Waals surface area contributed by atoms with Crippen LogP contribution in [0.25, 0.3) is 0 Å². The predicted molar refractivity (Wildman–Crippen MR) is 45.6 cm³/mol. The maximum Gasteiger partial charge on any atom is 0.0558 e. The zero-order chi connectivity index (χ0) is 8.69. The molecule has 0 atom stereocenters. The van der Waals surface area contributed by atoms with E-state index < -0.39 is 0 Å². The van der Waals surface area contributed by atoms with Gasteiger partial charge in [0.25, 0.3) is 0 Å². The average molecular weight is 180 g/mol. The fourth-order valence-electron chi connectivity index (χ4n) is 0.795. The molecule has 0 aromatic rings. The molecule has 0 aliphatic heterocycles. The Kier molecular flexibility index (Phi) is 6.56. The van der Waals surface area contributed by atoms with Gasteiger partial charge in [-0.2, -0.15) is 0 Å². The third-order valence-electron chi connectivity index (χ3n) is 1.23. The lowest BCUT2D eigenvalue weighted by Crippen LogP contribution is -2.30. The Morgan fingerprint density at radius 2 is 1.73 bits per heavy atom. The van der Waals surface area contributed by atoms with Crippen LogP contribution in [0.1, 0.15) is 0 Å². The Balaban J connectivity index is 3.59. The smallest absolute Gasteiger partial charge is 0.0558 e. The molecule has 0 spiro atoms. The first-order chi connectivity index (χ1) is 5.20. The van der Waals surface area contributed by atoms with Crippen molar-refractivity contribution in [2.75, 3.05) is 32.8 Å². The van der Waals surface area contributed by atoms with Crippen LogP contribution >= 0.6 is 11.6 Å². The SMILES string of the molecule is C=C(Cl)CN(CCO)CCO. The van der Waals surface area contributed by atoms with E-state index in [4.69, 9.17) is 21.8 Å². The molecule has 0 saturated heterocycles. The molecule has 11 heavy (non-hydrogen) atoms. The molecule has 0 aromatic carbocycles. The van der Waals surface area contributed by atoms with Crippen LogP contribution < -0.4 is 0 Å². The van der Waals surface area contributed by atoms with Crippen molar-refractivity contribution in [2.45, 2.75) is 0 Å². The Bertz CT molecular complexity index is 113. The van der Waals surface area contributed by atoms with Crippen LogP contribution in [0.3, 0.4) is 0 Å². The average Bonchev–Trinajstić information content (AvgIpc) is 1.87. The monoisotopic (exact) mass is 179 g/mol. The largest absolute Gasteiger partial charge is 0.395 e. The van der Waals surface area contributed by atoms with Gasteiger partial charge in [-0.3, -0.25) is 4.90 Å². The molecule has 0 fully saturated rings. The van der Waals surface area contributed by atoms with Crippen LogP contribution in [-0.4, -0.2) is 48.0 Å². The molecule has 0 amide bonds. The molecule has 0 aromatic heterocycles. The molecule has 3 nitrogen and oxygen atoms in total. The quantitative estimate of drug-likeness (QED) is 0.605. The van der Waals surface area contributed by atoms with Gasteiger partial charge < -0.3 is 10.2 Å². The van der Waals surface area contributed by atoms with Crippen molar-refractivity contribution >= 4 is 11.6 Å². The van der Waals surface area contributed by atoms with Gasteiger partial charge in [0.05, 0.1) is 13.2 Å². The summed E-state index contributed by atoms with van der Waals surface area (Å²) in [6, 6.07) is 0. The highest BCUT2D eigenvalue weighted by atomic mass is 35.5. The standard InChI is InChI=1S/C7H14ClNO2/c1-7(8)6-9(2-4-10)3-5-11/h10-11H,1-6H2. The molecule has 66 valence electrons. The third-order valence-corrected chi connectivity index (χ3v) is 1.35. The van der Waals surface area contributed by atoms with Gasteiger partial charge in [0.2, 0.25) is 0 Å². The van der Waals surface area contributed by atoms with Gasteiger partial charge in [0.1, 0.15) is 0 Å². The Morgan fingerprint density at radius 1 is 1.27 bits per heavy atom. The Morgan fingerprint density at radius 3 is 2.00 bits per heavy atom. The van der Waals surface area contributed by atoms with Crippen molar-refractivity contribution in [3.8, 4) is 0 Å². The number of aliphatic hydroxyl groups is 2. The fourth-order valence-corrected chi connectivity index (χ4v) is 0.964. The molecule has 0 rings (SSSR count). The van der Waals surface area contributed by atoms with Gasteiger partial charge in [-0.05, 0) is 0 Å². The zero-order valence-electron chi connectivity index (χ0n) is 6.46. The van der Waals surface area contributed by atoms with Crippen LogP contribution in [0, 0.1) is 0 Å². The number of rotatable bonds is 6. The first-order valence-corrected chi connectivity index (χ1v) is 3.86. The number of halogens is 1. The summed E-state index contributed by atoms with van der Waals surface area (Å²) in [5, 5.41) is 17.7. The van der Waals surface area contributed by atoms with Crippen LogP contribution in [0.2, 0.25) is 0 Å². The molecule has 4 heteroatoms. The summed E-state index contributed by atoms with van der Waals surface area (Å²) in [4.78, 5) is 1.83. The van der Waals surface area contributed by atoms with E-state index in [-0.39, 0.29) is 13.2 Å². The van der Waals surface area contributed by atoms with E-state index in [1.807, 2.05) is 4.90 Å². The predicted octanol–water partition coefficient (Wildman–Crippen LogP) is 0.0255. The molecular formula is C7H14ClNO2. The van der Waals surface area contributed by atoms with Crippen molar-refractivity contribution in [3.63, 3.8) is 0 Å². The maximum absolute atomic E-state index is 8.58. The lowest BCUT2D eigenvalue weighted by Gasteiger charge is -2.18. The number of aliphatic hydroxyl groups excluding tert-OH is 2. The number of hydrogen-bond acceptors (Lipinski definition) is 3. The minimum Gasteiger partial charge on any atom is -0.395 e. The van der Waals surface area contributed by atoms with Gasteiger partial charge in [-0.15, -0.1) is 0 Å². The van der Waals surface area contributed by atoms with Crippen LogP contribution in [0.4, 0.5) is 0 Å². The van der Waals surface area contributed by atoms with Gasteiger partial charge in [0, 0.05) is 24.7 Å². The second-order valence-electron chi connectivity index (χ2n) is 2.24. The summed E-state index contributed by atoms with van der Waals surface area (Å²) in [6.45, 7) is 5.22. The topological polar surface area (TPSA) is 43.7 Å². The van der Waals surface area contributed by atoms with E-state index in [0.717, 1.165) is 0 Å². The summed E-state index contributed by atoms with van der Waals surface area (Å²) < 4.78 is 0. The van der Waals surface area contributed by atoms with E-state index in [1.165, 1.54) is 0 Å². The Hall–Kier alpha value is -0.0900. The second-order valence-corrected chi connectivity index (χ2v) is 2.78. The summed E-state index contributed by atoms with van der Waals surface area (Å²) in [5.74, 6) is 0. The first-order valence-electron chi connectivity index (χ1n) is 3.48. The molecule has 0 saturated carbocycles. The third kappa shape index (κ3) is 6.31. The van der Waals surface area contributed by atoms with Gasteiger partial charge in [-0.25, -0.2) is 0 Å². The molecule has 0 unspecified atom stereocenters. The van der Waals surface area contributed by atoms with Crippen molar-refractivity contribution < 1.29 is 10.2 Å². The molecule has 0 heterocycles. The minimum atomic E-state index is 0.0736. The highest BCUT2D eigenvalue weighted by Gasteiger charge is 2.02. The highest BCUT2D eigenvalue weighted by molar-refractivity contribution is 6.29. The van der Waals surface area contributed by atoms with Gasteiger partial charge >= 0.3 is 0 Å². The minimum absolute atomic E-state index is 0.0736. The lowest BCUT2D eigenvalue weighted by molar-refractivity contribution is 0.171. The van der Waals surface area contributed by atoms with Crippen LogP contribution in [-0.2, 0) is 0 Å². The molecular weight excluding hydrogens is 166 g/mol. The van der Waals surface area contributed by atoms with Crippen LogP contribution in [0.5, 0.6) is 0 Å². The summed E-state index contributed by atoms with van der Waals surface area (Å²) >= 11 is 5.54.